The number of amides is 1. The molecule has 1 rings (SSSR count). The Balaban J connectivity index is 2.92. The van der Waals surface area contributed by atoms with Gasteiger partial charge in [0, 0.05) is 5.69 Å². The quantitative estimate of drug-likeness (QED) is 0.662. The number of carbonyl (C=O) groups is 2. The molecule has 0 aromatic heterocycles. The minimum Gasteiger partial charge on any atom is -0.323 e. The van der Waals surface area contributed by atoms with Gasteiger partial charge in [-0.2, -0.15) is 0 Å². The predicted octanol–water partition coefficient (Wildman–Crippen LogP) is 3.32. The molecule has 0 heterocycles. The normalized spacial score (nSPS) is 11.1. The molecule has 0 unspecified atom stereocenters. The van der Waals surface area contributed by atoms with Crippen LogP contribution >= 0.6 is 31.9 Å². The number of benzene rings is 1. The fourth-order valence-electron chi connectivity index (χ4n) is 1.31. The van der Waals surface area contributed by atoms with E-state index in [1.807, 2.05) is 32.0 Å². The highest BCUT2D eigenvalue weighted by molar-refractivity contribution is 9.26. The van der Waals surface area contributed by atoms with Crippen molar-refractivity contribution in [2.24, 2.45) is 0 Å². The van der Waals surface area contributed by atoms with Crippen molar-refractivity contribution < 1.29 is 9.59 Å². The van der Waals surface area contributed by atoms with Crippen LogP contribution < -0.4 is 5.32 Å². The number of nitrogens with one attached hydrogen (secondary N) is 1. The monoisotopic (exact) mass is 361 g/mol. The van der Waals surface area contributed by atoms with E-state index < -0.39 is 9.14 Å². The number of hydrogen-bond acceptors (Lipinski definition) is 2. The van der Waals surface area contributed by atoms with E-state index in [1.165, 1.54) is 6.92 Å². The first-order valence-corrected chi connectivity index (χ1v) is 6.61. The van der Waals surface area contributed by atoms with Gasteiger partial charge in [0.2, 0.25) is 3.23 Å². The number of aryl methyl sites for hydroxylation is 2. The Bertz CT molecular complexity index is 470. The maximum Gasteiger partial charge on any atom is 0.259 e. The molecule has 1 N–H and O–H groups in total. The second-order valence-corrected chi connectivity index (χ2v) is 7.35. The third kappa shape index (κ3) is 3.39. The van der Waals surface area contributed by atoms with Crippen LogP contribution in [0.25, 0.3) is 0 Å². The molecule has 0 fully saturated rings. The molecule has 0 radical (unpaired) electrons. The summed E-state index contributed by atoms with van der Waals surface area (Å²) in [6.45, 7) is 5.22. The van der Waals surface area contributed by atoms with Gasteiger partial charge in [0.1, 0.15) is 0 Å². The van der Waals surface area contributed by atoms with Gasteiger partial charge in [-0.05, 0) is 32.4 Å². The zero-order valence-corrected chi connectivity index (χ0v) is 13.0. The van der Waals surface area contributed by atoms with Crippen molar-refractivity contribution in [1.82, 2.24) is 0 Å². The summed E-state index contributed by atoms with van der Waals surface area (Å²) in [6.07, 6.45) is 0. The van der Waals surface area contributed by atoms with Gasteiger partial charge in [-0.25, -0.2) is 0 Å². The zero-order valence-electron chi connectivity index (χ0n) is 9.80. The van der Waals surface area contributed by atoms with Crippen LogP contribution in [0.2, 0.25) is 0 Å². The maximum atomic E-state index is 11.9. The number of halogens is 2. The Kier molecular flexibility index (Phi) is 4.49. The average molecular weight is 363 g/mol. The number of Topliss-reactive ketones (excluding diaryl/α,β-unsaturated/α-hetero) is 1. The zero-order chi connectivity index (χ0) is 13.2. The molecule has 92 valence electrons. The summed E-state index contributed by atoms with van der Waals surface area (Å²) in [6, 6.07) is 5.69. The van der Waals surface area contributed by atoms with Crippen molar-refractivity contribution in [2.45, 2.75) is 24.0 Å². The number of ketones is 1. The molecule has 0 aliphatic carbocycles. The minimum atomic E-state index is -1.36. The summed E-state index contributed by atoms with van der Waals surface area (Å²) >= 11 is 6.13. The number of rotatable bonds is 3. The second-order valence-electron chi connectivity index (χ2n) is 3.90. The van der Waals surface area contributed by atoms with Crippen molar-refractivity contribution in [3.8, 4) is 0 Å². The molecule has 0 aliphatic heterocycles. The first kappa shape index (κ1) is 14.4. The molecule has 0 atom stereocenters. The third-order valence-corrected chi connectivity index (χ3v) is 4.19. The van der Waals surface area contributed by atoms with Crippen LogP contribution in [-0.4, -0.2) is 14.9 Å². The van der Waals surface area contributed by atoms with Crippen LogP contribution in [0.4, 0.5) is 5.69 Å². The molecular formula is C12H13Br2NO2. The molecule has 0 spiro atoms. The molecule has 0 aliphatic rings. The van der Waals surface area contributed by atoms with Gasteiger partial charge in [0.25, 0.3) is 5.91 Å². The van der Waals surface area contributed by atoms with E-state index in [1.54, 1.807) is 0 Å². The van der Waals surface area contributed by atoms with Crippen molar-refractivity contribution in [1.29, 1.82) is 0 Å². The lowest BCUT2D eigenvalue weighted by atomic mass is 10.1. The highest BCUT2D eigenvalue weighted by Gasteiger charge is 2.37. The molecule has 0 bridgehead atoms. The number of hydrogen-bond donors (Lipinski definition) is 1. The number of alkyl halides is 2. The lowest BCUT2D eigenvalue weighted by molar-refractivity contribution is -0.124. The molecule has 17 heavy (non-hydrogen) atoms. The van der Waals surface area contributed by atoms with E-state index in [-0.39, 0.29) is 5.78 Å². The summed E-state index contributed by atoms with van der Waals surface area (Å²) in [7, 11) is 0. The SMILES string of the molecule is CC(=O)C(Br)(Br)C(=O)Nc1ccc(C)cc1C. The van der Waals surface area contributed by atoms with Crippen molar-refractivity contribution in [3.05, 3.63) is 29.3 Å². The Morgan fingerprint density at radius 2 is 1.82 bits per heavy atom. The molecule has 0 saturated carbocycles. The van der Waals surface area contributed by atoms with E-state index in [0.29, 0.717) is 5.69 Å². The Morgan fingerprint density at radius 1 is 1.24 bits per heavy atom. The van der Waals surface area contributed by atoms with E-state index >= 15 is 0 Å². The summed E-state index contributed by atoms with van der Waals surface area (Å²) in [5.74, 6) is -0.739. The van der Waals surface area contributed by atoms with Gasteiger partial charge in [-0.1, -0.05) is 49.6 Å². The second kappa shape index (κ2) is 5.31. The first-order chi connectivity index (χ1) is 7.75. The first-order valence-electron chi connectivity index (χ1n) is 5.02. The molecule has 1 aromatic rings. The van der Waals surface area contributed by atoms with Gasteiger partial charge in [-0.3, -0.25) is 9.59 Å². The summed E-state index contributed by atoms with van der Waals surface area (Å²) < 4.78 is -1.36. The predicted molar refractivity (Wildman–Crippen MR) is 75.8 cm³/mol. The minimum absolute atomic E-state index is 0.306. The standard InChI is InChI=1S/C12H13Br2NO2/c1-7-4-5-10(8(2)6-7)15-11(17)12(13,14)9(3)16/h4-6H,1-3H3,(H,15,17). The smallest absolute Gasteiger partial charge is 0.259 e. The van der Waals surface area contributed by atoms with Crippen molar-refractivity contribution in [2.75, 3.05) is 5.32 Å². The van der Waals surface area contributed by atoms with Crippen LogP contribution in [-0.2, 0) is 9.59 Å². The lowest BCUT2D eigenvalue weighted by Crippen LogP contribution is -2.37. The molecular weight excluding hydrogens is 350 g/mol. The van der Waals surface area contributed by atoms with Gasteiger partial charge >= 0.3 is 0 Å². The van der Waals surface area contributed by atoms with Crippen LogP contribution in [0.15, 0.2) is 18.2 Å². The molecule has 5 heteroatoms. The van der Waals surface area contributed by atoms with Gasteiger partial charge in [0.05, 0.1) is 0 Å². The molecule has 0 saturated heterocycles. The third-order valence-electron chi connectivity index (χ3n) is 2.36. The fourth-order valence-corrected chi connectivity index (χ4v) is 1.51. The van der Waals surface area contributed by atoms with Crippen LogP contribution in [0.3, 0.4) is 0 Å². The van der Waals surface area contributed by atoms with E-state index in [4.69, 9.17) is 0 Å². The highest BCUT2D eigenvalue weighted by Crippen LogP contribution is 2.29. The topological polar surface area (TPSA) is 46.2 Å². The Morgan fingerprint density at radius 3 is 2.29 bits per heavy atom. The van der Waals surface area contributed by atoms with E-state index in [9.17, 15) is 9.59 Å². The number of anilines is 1. The Hall–Kier alpha value is -0.680. The van der Waals surface area contributed by atoms with Gasteiger partial charge in [-0.15, -0.1) is 0 Å². The Labute approximate surface area is 117 Å². The van der Waals surface area contributed by atoms with Gasteiger partial charge in [0.15, 0.2) is 5.78 Å². The average Bonchev–Trinajstić information content (AvgIpc) is 2.21. The molecule has 1 aromatic carbocycles. The largest absolute Gasteiger partial charge is 0.323 e. The fraction of sp³-hybridized carbons (Fsp3) is 0.333. The lowest BCUT2D eigenvalue weighted by Gasteiger charge is -2.17. The van der Waals surface area contributed by atoms with Crippen molar-refractivity contribution in [3.63, 3.8) is 0 Å². The van der Waals surface area contributed by atoms with Crippen molar-refractivity contribution >= 4 is 49.2 Å². The summed E-state index contributed by atoms with van der Waals surface area (Å²) in [5.41, 5.74) is 2.78. The van der Waals surface area contributed by atoms with Crippen LogP contribution in [0, 0.1) is 13.8 Å². The van der Waals surface area contributed by atoms with Gasteiger partial charge < -0.3 is 5.32 Å². The summed E-state index contributed by atoms with van der Waals surface area (Å²) in [4.78, 5) is 23.2. The number of carbonyl (C=O) groups excluding carboxylic acids is 2. The van der Waals surface area contributed by atoms with E-state index in [2.05, 4.69) is 37.2 Å². The maximum absolute atomic E-state index is 11.9. The van der Waals surface area contributed by atoms with E-state index in [0.717, 1.165) is 11.1 Å². The van der Waals surface area contributed by atoms with Crippen LogP contribution in [0.1, 0.15) is 18.1 Å². The molecule has 1 amide bonds. The molecule has 3 nitrogen and oxygen atoms in total. The highest BCUT2D eigenvalue weighted by atomic mass is 79.9. The van der Waals surface area contributed by atoms with Crippen LogP contribution in [0.5, 0.6) is 0 Å². The summed E-state index contributed by atoms with van der Waals surface area (Å²) in [5, 5.41) is 2.71.